The third-order valence-electron chi connectivity index (χ3n) is 11.7. The molecule has 4 nitrogen and oxygen atoms in total. The Morgan fingerprint density at radius 1 is 1.14 bits per heavy atom. The van der Waals surface area contributed by atoms with Gasteiger partial charge in [-0.2, -0.15) is 0 Å². The Hall–Kier alpha value is -1.13. The van der Waals surface area contributed by atoms with Crippen LogP contribution in [0.1, 0.15) is 98.3 Å². The molecule has 1 aliphatic heterocycles. The zero-order valence-electron chi connectivity index (χ0n) is 24.3. The van der Waals surface area contributed by atoms with Gasteiger partial charge in [-0.1, -0.05) is 44.1 Å². The number of nitrogens with zero attached hydrogens (tertiary/aromatic N) is 1. The van der Waals surface area contributed by atoms with Crippen molar-refractivity contribution in [1.29, 1.82) is 0 Å². The van der Waals surface area contributed by atoms with Crippen molar-refractivity contribution in [1.82, 2.24) is 15.5 Å². The zero-order valence-corrected chi connectivity index (χ0v) is 24.3. The van der Waals surface area contributed by atoms with Crippen molar-refractivity contribution in [2.24, 2.45) is 34.5 Å². The molecule has 3 saturated carbocycles. The van der Waals surface area contributed by atoms with Gasteiger partial charge in [0.1, 0.15) is 0 Å². The van der Waals surface area contributed by atoms with Crippen molar-refractivity contribution >= 4 is 5.91 Å². The maximum absolute atomic E-state index is 10.9. The van der Waals surface area contributed by atoms with Gasteiger partial charge in [-0.25, -0.2) is 0 Å². The lowest BCUT2D eigenvalue weighted by atomic mass is 9.46. The maximum atomic E-state index is 10.9. The molecule has 4 fully saturated rings. The summed E-state index contributed by atoms with van der Waals surface area (Å²) in [6.45, 7) is 15.5. The van der Waals surface area contributed by atoms with Gasteiger partial charge in [-0.3, -0.25) is 4.79 Å². The highest BCUT2D eigenvalue weighted by Gasteiger charge is 2.59. The van der Waals surface area contributed by atoms with E-state index >= 15 is 0 Å². The van der Waals surface area contributed by atoms with Gasteiger partial charge in [-0.15, -0.1) is 0 Å². The summed E-state index contributed by atoms with van der Waals surface area (Å²) in [5.74, 6) is 3.92. The standard InChI is InChI=1S/C23H37N.C9H18N2O/c1-15-10-12-22(3)17(14-15)6-7-18-20-9-8-19(16(2)24-5)23(20,4)13-11-21(18)22;1-8(12)11(2)7-9-5-3-4-6-10-9/h14,16,18-21,24H,1,6-13H2,2-5H3;9-10H,3-7H2,1-2H3. The van der Waals surface area contributed by atoms with Gasteiger partial charge >= 0.3 is 0 Å². The highest BCUT2D eigenvalue weighted by Crippen LogP contribution is 2.67. The summed E-state index contributed by atoms with van der Waals surface area (Å²) in [6, 6.07) is 1.19. The molecule has 0 bridgehead atoms. The van der Waals surface area contributed by atoms with Crippen LogP contribution in [0.5, 0.6) is 0 Å². The normalized spacial score (nSPS) is 40.6. The average molecular weight is 498 g/mol. The van der Waals surface area contributed by atoms with E-state index in [1.54, 1.807) is 17.4 Å². The molecule has 204 valence electrons. The number of rotatable bonds is 4. The van der Waals surface area contributed by atoms with Gasteiger partial charge in [0.2, 0.25) is 5.91 Å². The highest BCUT2D eigenvalue weighted by atomic mass is 16.2. The molecule has 0 radical (unpaired) electrons. The predicted octanol–water partition coefficient (Wildman–Crippen LogP) is 6.34. The Labute approximate surface area is 222 Å². The topological polar surface area (TPSA) is 44.4 Å². The molecule has 1 heterocycles. The molecule has 5 rings (SSSR count). The molecular weight excluding hydrogens is 442 g/mol. The fourth-order valence-corrected chi connectivity index (χ4v) is 9.25. The minimum Gasteiger partial charge on any atom is -0.344 e. The lowest BCUT2D eigenvalue weighted by molar-refractivity contribution is -0.127. The Kier molecular flexibility index (Phi) is 8.77. The number of carbonyl (C=O) groups excluding carboxylic acids is 1. The van der Waals surface area contributed by atoms with E-state index in [0.29, 0.717) is 22.9 Å². The SMILES string of the molecule is C=C1C=C2CCC3C(CCC4(C)C(C(C)NC)CCC34)C2(C)CC1.CC(=O)N(C)CC1CCCCN1. The lowest BCUT2D eigenvalue weighted by Crippen LogP contribution is -2.51. The van der Waals surface area contributed by atoms with E-state index in [4.69, 9.17) is 0 Å². The lowest BCUT2D eigenvalue weighted by Gasteiger charge is -2.58. The number of allylic oxidation sites excluding steroid dienone is 3. The second-order valence-corrected chi connectivity index (χ2v) is 13.5. The Morgan fingerprint density at radius 2 is 1.92 bits per heavy atom. The number of likely N-dealkylation sites (N-methyl/N-ethyl adjacent to an activating group) is 1. The van der Waals surface area contributed by atoms with Crippen LogP contribution in [-0.2, 0) is 4.79 Å². The molecule has 8 unspecified atom stereocenters. The minimum absolute atomic E-state index is 0.155. The van der Waals surface area contributed by atoms with Gasteiger partial charge < -0.3 is 15.5 Å². The Balaban J connectivity index is 0.000000214. The molecule has 0 aromatic rings. The molecule has 4 heteroatoms. The van der Waals surface area contributed by atoms with Gasteiger partial charge in [0.25, 0.3) is 0 Å². The van der Waals surface area contributed by atoms with E-state index in [1.807, 2.05) is 7.05 Å². The van der Waals surface area contributed by atoms with Crippen LogP contribution in [0.25, 0.3) is 0 Å². The number of hydrogen-bond donors (Lipinski definition) is 2. The summed E-state index contributed by atoms with van der Waals surface area (Å²) in [5, 5.41) is 6.99. The largest absolute Gasteiger partial charge is 0.344 e. The van der Waals surface area contributed by atoms with E-state index in [0.717, 1.165) is 36.8 Å². The first kappa shape index (κ1) is 27.9. The van der Waals surface area contributed by atoms with Crippen LogP contribution in [0.15, 0.2) is 23.8 Å². The van der Waals surface area contributed by atoms with Crippen molar-refractivity contribution in [3.63, 3.8) is 0 Å². The smallest absolute Gasteiger partial charge is 0.219 e. The van der Waals surface area contributed by atoms with Crippen LogP contribution in [0.2, 0.25) is 0 Å². The molecule has 8 atom stereocenters. The summed E-state index contributed by atoms with van der Waals surface area (Å²) in [4.78, 5) is 12.7. The van der Waals surface area contributed by atoms with E-state index in [1.165, 1.54) is 76.2 Å². The van der Waals surface area contributed by atoms with E-state index in [-0.39, 0.29) is 5.91 Å². The van der Waals surface area contributed by atoms with Crippen molar-refractivity contribution in [2.45, 2.75) is 110 Å². The van der Waals surface area contributed by atoms with Gasteiger partial charge in [0.15, 0.2) is 0 Å². The molecule has 0 spiro atoms. The van der Waals surface area contributed by atoms with Crippen molar-refractivity contribution in [3.8, 4) is 0 Å². The second-order valence-electron chi connectivity index (χ2n) is 13.5. The fraction of sp³-hybridized carbons (Fsp3) is 0.844. The fourth-order valence-electron chi connectivity index (χ4n) is 9.25. The number of carbonyl (C=O) groups is 1. The van der Waals surface area contributed by atoms with Crippen LogP contribution in [0, 0.1) is 34.5 Å². The number of nitrogens with one attached hydrogen (secondary N) is 2. The average Bonchev–Trinajstić information content (AvgIpc) is 3.22. The number of piperidine rings is 1. The molecule has 4 aliphatic carbocycles. The first-order valence-corrected chi connectivity index (χ1v) is 15.1. The summed E-state index contributed by atoms with van der Waals surface area (Å²) >= 11 is 0. The van der Waals surface area contributed by atoms with E-state index in [9.17, 15) is 4.79 Å². The van der Waals surface area contributed by atoms with Crippen LogP contribution in [0.4, 0.5) is 0 Å². The first-order chi connectivity index (χ1) is 17.1. The summed E-state index contributed by atoms with van der Waals surface area (Å²) in [6.07, 6.45) is 17.5. The van der Waals surface area contributed by atoms with Crippen molar-refractivity contribution in [3.05, 3.63) is 23.8 Å². The van der Waals surface area contributed by atoms with Crippen LogP contribution >= 0.6 is 0 Å². The molecule has 1 saturated heterocycles. The molecule has 0 aromatic heterocycles. The second kappa shape index (κ2) is 11.3. The molecule has 5 aliphatic rings. The van der Waals surface area contributed by atoms with Crippen LogP contribution in [0.3, 0.4) is 0 Å². The van der Waals surface area contributed by atoms with Crippen LogP contribution in [-0.4, -0.2) is 50.1 Å². The van der Waals surface area contributed by atoms with E-state index < -0.39 is 0 Å². The monoisotopic (exact) mass is 497 g/mol. The Morgan fingerprint density at radius 3 is 2.58 bits per heavy atom. The quantitative estimate of drug-likeness (QED) is 0.476. The molecule has 0 aromatic carbocycles. The highest BCUT2D eigenvalue weighted by molar-refractivity contribution is 5.72. The molecule has 36 heavy (non-hydrogen) atoms. The predicted molar refractivity (Wildman–Crippen MR) is 152 cm³/mol. The zero-order chi connectivity index (χ0) is 26.1. The third kappa shape index (κ3) is 5.37. The summed E-state index contributed by atoms with van der Waals surface area (Å²) in [7, 11) is 4.01. The number of amides is 1. The molecule has 1 amide bonds. The number of fused-ring (bicyclic) bond motifs is 5. The van der Waals surface area contributed by atoms with Crippen molar-refractivity contribution < 1.29 is 4.79 Å². The summed E-state index contributed by atoms with van der Waals surface area (Å²) in [5.41, 5.74) is 4.20. The van der Waals surface area contributed by atoms with E-state index in [2.05, 4.69) is 51.1 Å². The van der Waals surface area contributed by atoms with Gasteiger partial charge in [0.05, 0.1) is 0 Å². The first-order valence-electron chi connectivity index (χ1n) is 15.1. The van der Waals surface area contributed by atoms with Gasteiger partial charge in [-0.05, 0) is 119 Å². The molecule has 2 N–H and O–H groups in total. The Bertz CT molecular complexity index is 829. The van der Waals surface area contributed by atoms with Crippen molar-refractivity contribution in [2.75, 3.05) is 27.2 Å². The maximum Gasteiger partial charge on any atom is 0.219 e. The molecular formula is C32H55N3O. The third-order valence-corrected chi connectivity index (χ3v) is 11.7. The summed E-state index contributed by atoms with van der Waals surface area (Å²) < 4.78 is 0. The van der Waals surface area contributed by atoms with Crippen LogP contribution < -0.4 is 10.6 Å². The minimum atomic E-state index is 0.155. The van der Waals surface area contributed by atoms with Gasteiger partial charge in [0, 0.05) is 32.6 Å². The number of hydrogen-bond acceptors (Lipinski definition) is 3.